The van der Waals surface area contributed by atoms with Gasteiger partial charge >= 0.3 is 0 Å². The van der Waals surface area contributed by atoms with Gasteiger partial charge in [0.1, 0.15) is 0 Å². The van der Waals surface area contributed by atoms with Gasteiger partial charge in [-0.25, -0.2) is 0 Å². The normalized spacial score (nSPS) is 23.1. The molecule has 0 fully saturated rings. The van der Waals surface area contributed by atoms with E-state index in [0.29, 0.717) is 16.0 Å². The standard InChI is InChI=1S/C16H16Cl2/c17-15-9-8-12(10-16(15)18)14-7-3-5-11-4-1-2-6-13(11)14/h2,6,8-10,14H,1,3-5,7H2. The van der Waals surface area contributed by atoms with Crippen LogP contribution in [-0.4, -0.2) is 0 Å². The number of hydrogen-bond acceptors (Lipinski definition) is 0. The third kappa shape index (κ3) is 2.24. The van der Waals surface area contributed by atoms with E-state index in [-0.39, 0.29) is 0 Å². The summed E-state index contributed by atoms with van der Waals surface area (Å²) in [6.45, 7) is 0. The molecule has 0 bridgehead atoms. The SMILES string of the molecule is Clc1ccc(C2CCCC3=C2C=CCC3)cc1Cl. The minimum atomic E-state index is 0.514. The van der Waals surface area contributed by atoms with Crippen LogP contribution in [0.4, 0.5) is 0 Å². The van der Waals surface area contributed by atoms with E-state index in [0.717, 1.165) is 0 Å². The zero-order chi connectivity index (χ0) is 12.5. The second kappa shape index (κ2) is 5.11. The van der Waals surface area contributed by atoms with Crippen LogP contribution in [-0.2, 0) is 0 Å². The number of hydrogen-bond donors (Lipinski definition) is 0. The summed E-state index contributed by atoms with van der Waals surface area (Å²) in [6.07, 6.45) is 10.9. The Bertz CT molecular complexity index is 526. The molecule has 3 rings (SSSR count). The van der Waals surface area contributed by atoms with Gasteiger partial charge in [-0.2, -0.15) is 0 Å². The van der Waals surface area contributed by atoms with Crippen molar-refractivity contribution in [2.75, 3.05) is 0 Å². The van der Waals surface area contributed by atoms with Crippen molar-refractivity contribution in [3.8, 4) is 0 Å². The Morgan fingerprint density at radius 1 is 1.06 bits per heavy atom. The summed E-state index contributed by atoms with van der Waals surface area (Å²) in [5, 5.41) is 1.31. The first-order chi connectivity index (χ1) is 8.75. The monoisotopic (exact) mass is 278 g/mol. The van der Waals surface area contributed by atoms with Crippen LogP contribution in [0.15, 0.2) is 41.5 Å². The Morgan fingerprint density at radius 2 is 1.94 bits per heavy atom. The first-order valence-electron chi connectivity index (χ1n) is 6.59. The average molecular weight is 279 g/mol. The quantitative estimate of drug-likeness (QED) is 0.599. The van der Waals surface area contributed by atoms with Crippen molar-refractivity contribution in [2.45, 2.75) is 38.0 Å². The summed E-state index contributed by atoms with van der Waals surface area (Å²) in [6, 6.07) is 6.07. The zero-order valence-corrected chi connectivity index (χ0v) is 11.8. The Morgan fingerprint density at radius 3 is 2.78 bits per heavy atom. The molecule has 0 nitrogen and oxygen atoms in total. The van der Waals surface area contributed by atoms with Gasteiger partial charge in [0, 0.05) is 5.92 Å². The molecule has 1 unspecified atom stereocenters. The highest BCUT2D eigenvalue weighted by molar-refractivity contribution is 6.42. The van der Waals surface area contributed by atoms with E-state index >= 15 is 0 Å². The van der Waals surface area contributed by atoms with Gasteiger partial charge in [0.15, 0.2) is 0 Å². The fourth-order valence-electron chi connectivity index (χ4n) is 3.11. The number of rotatable bonds is 1. The van der Waals surface area contributed by atoms with Gasteiger partial charge in [-0.1, -0.05) is 47.0 Å². The van der Waals surface area contributed by atoms with E-state index in [1.165, 1.54) is 43.2 Å². The molecule has 0 aromatic heterocycles. The predicted octanol–water partition coefficient (Wildman–Crippen LogP) is 5.91. The Labute approximate surface area is 118 Å². The molecule has 1 atom stereocenters. The van der Waals surface area contributed by atoms with Crippen molar-refractivity contribution in [3.05, 3.63) is 57.1 Å². The molecule has 0 spiro atoms. The van der Waals surface area contributed by atoms with Crippen LogP contribution in [0.5, 0.6) is 0 Å². The largest absolute Gasteiger partial charge is 0.0839 e. The predicted molar refractivity (Wildman–Crippen MR) is 78.5 cm³/mol. The molecule has 0 saturated heterocycles. The first kappa shape index (κ1) is 12.3. The van der Waals surface area contributed by atoms with Crippen molar-refractivity contribution < 1.29 is 0 Å². The van der Waals surface area contributed by atoms with E-state index in [4.69, 9.17) is 23.2 Å². The molecule has 0 aliphatic heterocycles. The molecule has 0 heterocycles. The van der Waals surface area contributed by atoms with Crippen LogP contribution in [0.1, 0.15) is 43.6 Å². The fraction of sp³-hybridized carbons (Fsp3) is 0.375. The fourth-order valence-corrected chi connectivity index (χ4v) is 3.42. The Kier molecular flexibility index (Phi) is 3.50. The van der Waals surface area contributed by atoms with Crippen LogP contribution in [0.3, 0.4) is 0 Å². The molecule has 1 aromatic rings. The molecule has 0 radical (unpaired) electrons. The molecule has 94 valence electrons. The maximum Gasteiger partial charge on any atom is 0.0595 e. The van der Waals surface area contributed by atoms with Gasteiger partial charge in [0.25, 0.3) is 0 Å². The molecule has 0 amide bonds. The third-order valence-electron chi connectivity index (χ3n) is 4.01. The van der Waals surface area contributed by atoms with Crippen molar-refractivity contribution >= 4 is 23.2 Å². The summed E-state index contributed by atoms with van der Waals surface area (Å²) in [5.74, 6) is 0.514. The molecular weight excluding hydrogens is 263 g/mol. The van der Waals surface area contributed by atoms with E-state index in [9.17, 15) is 0 Å². The van der Waals surface area contributed by atoms with Gasteiger partial charge in [-0.05, 0) is 55.4 Å². The molecule has 1 aromatic carbocycles. The molecule has 0 N–H and O–H groups in total. The van der Waals surface area contributed by atoms with Crippen molar-refractivity contribution in [3.63, 3.8) is 0 Å². The smallest absolute Gasteiger partial charge is 0.0595 e. The van der Waals surface area contributed by atoms with Crippen LogP contribution in [0, 0.1) is 0 Å². The molecule has 0 saturated carbocycles. The highest BCUT2D eigenvalue weighted by Crippen LogP contribution is 2.42. The van der Waals surface area contributed by atoms with Gasteiger partial charge in [-0.3, -0.25) is 0 Å². The lowest BCUT2D eigenvalue weighted by atomic mass is 9.76. The second-order valence-electron chi connectivity index (χ2n) is 5.12. The zero-order valence-electron chi connectivity index (χ0n) is 10.3. The van der Waals surface area contributed by atoms with E-state index in [2.05, 4.69) is 18.2 Å². The lowest BCUT2D eigenvalue weighted by Gasteiger charge is -2.29. The van der Waals surface area contributed by atoms with Gasteiger partial charge in [0.05, 0.1) is 10.0 Å². The maximum atomic E-state index is 6.14. The number of allylic oxidation sites excluding steroid dienone is 4. The van der Waals surface area contributed by atoms with Gasteiger partial charge in [-0.15, -0.1) is 0 Å². The highest BCUT2D eigenvalue weighted by Gasteiger charge is 2.24. The van der Waals surface area contributed by atoms with E-state index in [1.54, 1.807) is 5.57 Å². The van der Waals surface area contributed by atoms with E-state index in [1.807, 2.05) is 12.1 Å². The highest BCUT2D eigenvalue weighted by atomic mass is 35.5. The summed E-state index contributed by atoms with van der Waals surface area (Å²) in [5.41, 5.74) is 4.49. The van der Waals surface area contributed by atoms with Crippen LogP contribution >= 0.6 is 23.2 Å². The summed E-state index contributed by atoms with van der Waals surface area (Å²) < 4.78 is 0. The minimum absolute atomic E-state index is 0.514. The Hall–Kier alpha value is -0.720. The molecule has 2 aliphatic carbocycles. The minimum Gasteiger partial charge on any atom is -0.0839 e. The second-order valence-corrected chi connectivity index (χ2v) is 5.93. The Balaban J connectivity index is 2.00. The summed E-state index contributed by atoms with van der Waals surface area (Å²) in [7, 11) is 0. The van der Waals surface area contributed by atoms with Crippen molar-refractivity contribution in [2.24, 2.45) is 0 Å². The first-order valence-corrected chi connectivity index (χ1v) is 7.34. The number of benzene rings is 1. The molecule has 18 heavy (non-hydrogen) atoms. The third-order valence-corrected chi connectivity index (χ3v) is 4.75. The maximum absolute atomic E-state index is 6.14. The van der Waals surface area contributed by atoms with Crippen LogP contribution in [0.25, 0.3) is 0 Å². The van der Waals surface area contributed by atoms with Gasteiger partial charge in [0.2, 0.25) is 0 Å². The van der Waals surface area contributed by atoms with Crippen molar-refractivity contribution in [1.29, 1.82) is 0 Å². The summed E-state index contributed by atoms with van der Waals surface area (Å²) in [4.78, 5) is 0. The lowest BCUT2D eigenvalue weighted by Crippen LogP contribution is -2.11. The van der Waals surface area contributed by atoms with Gasteiger partial charge < -0.3 is 0 Å². The summed E-state index contributed by atoms with van der Waals surface area (Å²) >= 11 is 12.1. The van der Waals surface area contributed by atoms with Crippen LogP contribution in [0.2, 0.25) is 10.0 Å². The molecule has 2 aliphatic rings. The topological polar surface area (TPSA) is 0 Å². The average Bonchev–Trinajstić information content (AvgIpc) is 2.41. The molecule has 2 heteroatoms. The lowest BCUT2D eigenvalue weighted by molar-refractivity contribution is 0.590. The van der Waals surface area contributed by atoms with Crippen LogP contribution < -0.4 is 0 Å². The van der Waals surface area contributed by atoms with E-state index < -0.39 is 0 Å². The molecular formula is C16H16Cl2. The number of halogens is 2. The van der Waals surface area contributed by atoms with Crippen molar-refractivity contribution in [1.82, 2.24) is 0 Å².